The monoisotopic (exact) mass is 621 g/mol. The minimum absolute atomic E-state index is 0. The van der Waals surface area contributed by atoms with E-state index in [0.717, 1.165) is 21.0 Å². The number of nitrogens with zero attached hydrogens (tertiary/aromatic N) is 4. The molecule has 1 aliphatic heterocycles. The van der Waals surface area contributed by atoms with E-state index >= 15 is 4.39 Å². The predicted molar refractivity (Wildman–Crippen MR) is 150 cm³/mol. The Bertz CT molecular complexity index is 1530. The molecule has 0 bridgehead atoms. The molecule has 0 unspecified atom stereocenters. The van der Waals surface area contributed by atoms with Gasteiger partial charge in [0.25, 0.3) is 5.56 Å². The van der Waals surface area contributed by atoms with Crippen LogP contribution in [0.15, 0.2) is 29.2 Å². The van der Waals surface area contributed by atoms with Crippen LogP contribution in [-0.4, -0.2) is 86.0 Å². The number of pyridine rings is 1. The highest BCUT2D eigenvalue weighted by molar-refractivity contribution is 7.90. The average Bonchev–Trinajstić information content (AvgIpc) is 3.37. The van der Waals surface area contributed by atoms with Gasteiger partial charge in [-0.2, -0.15) is 17.7 Å². The first-order valence-corrected chi connectivity index (χ1v) is 13.9. The fourth-order valence-corrected chi connectivity index (χ4v) is 5.41. The van der Waals surface area contributed by atoms with Gasteiger partial charge < -0.3 is 20.5 Å². The Hall–Kier alpha value is -3.02. The molecule has 3 heterocycles. The zero-order valence-electron chi connectivity index (χ0n) is 22.1. The third-order valence-electron chi connectivity index (χ3n) is 6.15. The Labute approximate surface area is 240 Å². The molecule has 1 fully saturated rings. The Morgan fingerprint density at radius 3 is 2.59 bits per heavy atom. The van der Waals surface area contributed by atoms with Crippen molar-refractivity contribution < 1.29 is 31.1 Å². The fraction of sp³-hybridized carbons (Fsp3) is 0.458. The standard InChI is InChI=1S/C24H30F3N7O5S.ClH/c1-33-22-15(13-30-24(31-22)29-6-9-39-11-10-38-8-5-28)12-17(23(33)35)20-18(26)2-3-19(21(20)27)32-40(36,37)34-7-4-16(25)14-34;/h2-3,12-13,16,32H,4-11,14,28H2,1H3,(H,29,30,31);1H/t16-;/m1./s1. The second kappa shape index (κ2) is 14.2. The lowest BCUT2D eigenvalue weighted by molar-refractivity contribution is 0.0547. The number of ether oxygens (including phenoxy) is 2. The largest absolute Gasteiger partial charge is 0.378 e. The summed E-state index contributed by atoms with van der Waals surface area (Å²) in [6.45, 7) is 1.97. The first kappa shape index (κ1) is 32.5. The Morgan fingerprint density at radius 1 is 1.17 bits per heavy atom. The van der Waals surface area contributed by atoms with Gasteiger partial charge in [0.2, 0.25) is 5.95 Å². The third kappa shape index (κ3) is 7.64. The topological polar surface area (TPSA) is 154 Å². The minimum Gasteiger partial charge on any atom is -0.378 e. The molecule has 0 radical (unpaired) electrons. The molecule has 0 amide bonds. The van der Waals surface area contributed by atoms with Crippen LogP contribution in [0.5, 0.6) is 0 Å². The number of aromatic nitrogens is 3. The van der Waals surface area contributed by atoms with Crippen molar-refractivity contribution in [1.82, 2.24) is 18.8 Å². The number of anilines is 2. The molecule has 226 valence electrons. The zero-order valence-corrected chi connectivity index (χ0v) is 23.7. The molecule has 0 spiro atoms. The lowest BCUT2D eigenvalue weighted by Gasteiger charge is -2.18. The van der Waals surface area contributed by atoms with Gasteiger partial charge in [0.05, 0.1) is 43.2 Å². The predicted octanol–water partition coefficient (Wildman–Crippen LogP) is 1.80. The van der Waals surface area contributed by atoms with E-state index in [1.54, 1.807) is 0 Å². The summed E-state index contributed by atoms with van der Waals surface area (Å²) in [4.78, 5) is 21.7. The van der Waals surface area contributed by atoms with Crippen LogP contribution in [0.25, 0.3) is 22.2 Å². The van der Waals surface area contributed by atoms with E-state index in [0.29, 0.717) is 44.9 Å². The van der Waals surface area contributed by atoms with Crippen molar-refractivity contribution in [2.45, 2.75) is 12.6 Å². The minimum atomic E-state index is -4.30. The Balaban J connectivity index is 0.00000462. The molecular weight excluding hydrogens is 591 g/mol. The van der Waals surface area contributed by atoms with Crippen molar-refractivity contribution >= 4 is 45.3 Å². The van der Waals surface area contributed by atoms with Crippen molar-refractivity contribution in [2.24, 2.45) is 12.8 Å². The molecule has 41 heavy (non-hydrogen) atoms. The summed E-state index contributed by atoms with van der Waals surface area (Å²) >= 11 is 0. The molecule has 3 aromatic rings. The number of halogens is 4. The number of benzene rings is 1. The molecule has 0 aliphatic carbocycles. The second-order valence-electron chi connectivity index (χ2n) is 8.97. The Morgan fingerprint density at radius 2 is 1.90 bits per heavy atom. The lowest BCUT2D eigenvalue weighted by Crippen LogP contribution is -2.34. The highest BCUT2D eigenvalue weighted by Crippen LogP contribution is 2.31. The van der Waals surface area contributed by atoms with Gasteiger partial charge in [-0.1, -0.05) is 0 Å². The third-order valence-corrected chi connectivity index (χ3v) is 7.63. The quantitative estimate of drug-likeness (QED) is 0.242. The van der Waals surface area contributed by atoms with Crippen LogP contribution in [0.4, 0.5) is 24.8 Å². The van der Waals surface area contributed by atoms with Crippen LogP contribution in [0, 0.1) is 11.6 Å². The highest BCUT2D eigenvalue weighted by Gasteiger charge is 2.32. The molecule has 1 atom stereocenters. The summed E-state index contributed by atoms with van der Waals surface area (Å²) in [7, 11) is -2.92. The van der Waals surface area contributed by atoms with E-state index in [9.17, 15) is 22.0 Å². The molecule has 17 heteroatoms. The average molecular weight is 622 g/mol. The van der Waals surface area contributed by atoms with Crippen LogP contribution >= 0.6 is 12.4 Å². The van der Waals surface area contributed by atoms with Crippen LogP contribution in [0.1, 0.15) is 6.42 Å². The summed E-state index contributed by atoms with van der Waals surface area (Å²) in [6, 6.07) is 2.98. The smallest absolute Gasteiger partial charge is 0.301 e. The van der Waals surface area contributed by atoms with Gasteiger partial charge in [-0.25, -0.2) is 18.2 Å². The number of fused-ring (bicyclic) bond motifs is 1. The van der Waals surface area contributed by atoms with Gasteiger partial charge in [0.15, 0.2) is 5.82 Å². The molecule has 1 saturated heterocycles. The normalized spacial score (nSPS) is 15.7. The van der Waals surface area contributed by atoms with E-state index in [2.05, 4.69) is 15.3 Å². The number of nitrogens with two attached hydrogens (primary N) is 1. The summed E-state index contributed by atoms with van der Waals surface area (Å²) in [5, 5.41) is 3.28. The van der Waals surface area contributed by atoms with E-state index in [1.807, 2.05) is 4.72 Å². The van der Waals surface area contributed by atoms with Crippen molar-refractivity contribution in [3.8, 4) is 11.1 Å². The summed E-state index contributed by atoms with van der Waals surface area (Å²) in [5.41, 5.74) is 3.12. The SMILES string of the molecule is Cl.Cn1c(=O)c(-c2c(F)ccc(NS(=O)(=O)N3CC[C@@H](F)C3)c2F)cc2cnc(NCCOCCOCCN)nc21. The molecule has 1 aromatic carbocycles. The van der Waals surface area contributed by atoms with Crippen molar-refractivity contribution in [3.05, 3.63) is 46.4 Å². The van der Waals surface area contributed by atoms with Crippen molar-refractivity contribution in [1.29, 1.82) is 0 Å². The van der Waals surface area contributed by atoms with Crippen molar-refractivity contribution in [3.63, 3.8) is 0 Å². The maximum atomic E-state index is 15.5. The maximum absolute atomic E-state index is 15.5. The van der Waals surface area contributed by atoms with Gasteiger partial charge in [-0.15, -0.1) is 12.4 Å². The second-order valence-corrected chi connectivity index (χ2v) is 10.6. The van der Waals surface area contributed by atoms with Crippen LogP contribution < -0.4 is 21.3 Å². The van der Waals surface area contributed by atoms with Gasteiger partial charge >= 0.3 is 10.2 Å². The lowest BCUT2D eigenvalue weighted by atomic mass is 10.0. The van der Waals surface area contributed by atoms with Gasteiger partial charge in [-0.05, 0) is 24.6 Å². The number of hydrogen-bond donors (Lipinski definition) is 3. The number of nitrogens with one attached hydrogen (secondary N) is 2. The van der Waals surface area contributed by atoms with Crippen LogP contribution in [-0.2, 0) is 26.7 Å². The number of rotatable bonds is 13. The number of alkyl halides is 1. The highest BCUT2D eigenvalue weighted by atomic mass is 35.5. The number of aryl methyl sites for hydroxylation is 1. The van der Waals surface area contributed by atoms with Crippen LogP contribution in [0.3, 0.4) is 0 Å². The molecule has 2 aromatic heterocycles. The molecule has 4 rings (SSSR count). The van der Waals surface area contributed by atoms with E-state index in [1.165, 1.54) is 19.3 Å². The molecule has 1 aliphatic rings. The molecule has 4 N–H and O–H groups in total. The summed E-state index contributed by atoms with van der Waals surface area (Å²) in [5.74, 6) is -2.15. The Kier molecular flexibility index (Phi) is 11.3. The van der Waals surface area contributed by atoms with E-state index in [4.69, 9.17) is 15.2 Å². The van der Waals surface area contributed by atoms with Gasteiger partial charge in [0, 0.05) is 44.8 Å². The van der Waals surface area contributed by atoms with Gasteiger partial charge in [0.1, 0.15) is 17.6 Å². The maximum Gasteiger partial charge on any atom is 0.301 e. The van der Waals surface area contributed by atoms with Crippen LogP contribution in [0.2, 0.25) is 0 Å². The molecule has 12 nitrogen and oxygen atoms in total. The zero-order chi connectivity index (χ0) is 28.9. The summed E-state index contributed by atoms with van der Waals surface area (Å²) in [6.07, 6.45) is 0.0745. The summed E-state index contributed by atoms with van der Waals surface area (Å²) < 4.78 is 83.7. The van der Waals surface area contributed by atoms with E-state index in [-0.39, 0.29) is 49.1 Å². The molecule has 0 saturated carbocycles. The van der Waals surface area contributed by atoms with E-state index < -0.39 is 44.8 Å². The van der Waals surface area contributed by atoms with Gasteiger partial charge in [-0.3, -0.25) is 14.1 Å². The number of hydrogen-bond acceptors (Lipinski definition) is 9. The first-order chi connectivity index (χ1) is 19.1. The molecular formula is C24H31ClF3N7O5S. The fourth-order valence-electron chi connectivity index (χ4n) is 4.14. The van der Waals surface area contributed by atoms with Crippen molar-refractivity contribution in [2.75, 3.05) is 62.6 Å². The first-order valence-electron chi connectivity index (χ1n) is 12.5.